The molecule has 0 fully saturated rings. The van der Waals surface area contributed by atoms with E-state index >= 15 is 0 Å². The van der Waals surface area contributed by atoms with Gasteiger partial charge in [0, 0.05) is 32.8 Å². The molecule has 4 amide bonds. The molecule has 2 aromatic carbocycles. The van der Waals surface area contributed by atoms with Gasteiger partial charge in [-0.05, 0) is 52.0 Å². The van der Waals surface area contributed by atoms with Crippen molar-refractivity contribution in [3.8, 4) is 11.5 Å². The molecule has 1 aromatic heterocycles. The van der Waals surface area contributed by atoms with Crippen LogP contribution in [0.5, 0.6) is 11.5 Å². The first kappa shape index (κ1) is 23.3. The minimum absolute atomic E-state index is 0.136. The first-order valence-corrected chi connectivity index (χ1v) is 13.1. The number of furan rings is 1. The van der Waals surface area contributed by atoms with Crippen molar-refractivity contribution in [2.45, 2.75) is 45.4 Å². The van der Waals surface area contributed by atoms with Crippen LogP contribution in [0.15, 0.2) is 46.9 Å². The molecule has 1 unspecified atom stereocenters. The average Bonchev–Trinajstić information content (AvgIpc) is 3.27. The molecule has 1 atom stereocenters. The fourth-order valence-electron chi connectivity index (χ4n) is 4.43. The van der Waals surface area contributed by atoms with Gasteiger partial charge >= 0.3 is 6.09 Å². The predicted octanol–water partition coefficient (Wildman–Crippen LogP) is 4.74. The van der Waals surface area contributed by atoms with Crippen LogP contribution in [0.2, 0.25) is 5.02 Å². The summed E-state index contributed by atoms with van der Waals surface area (Å²) in [6.07, 6.45) is -1.12. The number of carbonyl (C=O) groups excluding carboxylic acids is 4. The molecule has 1 aliphatic heterocycles. The van der Waals surface area contributed by atoms with Crippen molar-refractivity contribution in [2.24, 2.45) is 0 Å². The van der Waals surface area contributed by atoms with Crippen molar-refractivity contribution < 1.29 is 46.0 Å². The third kappa shape index (κ3) is 6.01. The summed E-state index contributed by atoms with van der Waals surface area (Å²) in [7, 11) is 1.39. The maximum absolute atomic E-state index is 14.7. The zero-order chi connectivity index (χ0) is 36.0. The molecule has 12 heteroatoms. The number of fused-ring (bicyclic) bond motifs is 3. The van der Waals surface area contributed by atoms with E-state index in [0.717, 1.165) is 0 Å². The summed E-state index contributed by atoms with van der Waals surface area (Å²) >= 11 is 6.18. The summed E-state index contributed by atoms with van der Waals surface area (Å²) in [5.41, 5.74) is -2.82. The molecule has 224 valence electrons. The molecule has 0 saturated carbocycles. The Kier molecular flexibility index (Phi) is 6.42. The number of imide groups is 1. The Balaban J connectivity index is 1.90. The lowest BCUT2D eigenvalue weighted by molar-refractivity contribution is -0.145. The van der Waals surface area contributed by atoms with Gasteiger partial charge in [0.15, 0.2) is 11.3 Å². The maximum atomic E-state index is 14.7. The summed E-state index contributed by atoms with van der Waals surface area (Å²) in [5.74, 6) is -4.07. The highest BCUT2D eigenvalue weighted by Gasteiger charge is 2.52. The van der Waals surface area contributed by atoms with Gasteiger partial charge in [-0.25, -0.2) is 9.69 Å². The van der Waals surface area contributed by atoms with E-state index < -0.39 is 74.4 Å². The zero-order valence-electron chi connectivity index (χ0n) is 29.6. The monoisotopic (exact) mass is 605 g/mol. The Morgan fingerprint density at radius 2 is 1.88 bits per heavy atom. The number of amides is 4. The van der Waals surface area contributed by atoms with Crippen LogP contribution in [0.1, 0.15) is 52.0 Å². The molecule has 0 aliphatic carbocycles. The van der Waals surface area contributed by atoms with Crippen molar-refractivity contribution in [3.63, 3.8) is 0 Å². The largest absolute Gasteiger partial charge is 0.496 e. The zero-order valence-corrected chi connectivity index (χ0v) is 24.4. The number of para-hydroxylation sites is 1. The number of nitrogens with zero attached hydrogens (tertiary/aromatic N) is 3. The summed E-state index contributed by atoms with van der Waals surface area (Å²) < 4.78 is 69.1. The van der Waals surface area contributed by atoms with Crippen LogP contribution in [0.25, 0.3) is 11.0 Å². The topological polar surface area (TPSA) is 119 Å². The lowest BCUT2D eigenvalue weighted by Crippen LogP contribution is -2.64. The van der Waals surface area contributed by atoms with Gasteiger partial charge in [0.25, 0.3) is 11.8 Å². The molecule has 0 N–H and O–H groups in total. The lowest BCUT2D eigenvalue weighted by Gasteiger charge is -2.40. The molecule has 4 rings (SSSR count). The second-order valence-corrected chi connectivity index (χ2v) is 11.2. The van der Waals surface area contributed by atoms with E-state index in [0.29, 0.717) is 21.1 Å². The van der Waals surface area contributed by atoms with Gasteiger partial charge in [0.2, 0.25) is 11.7 Å². The van der Waals surface area contributed by atoms with Gasteiger partial charge in [-0.15, -0.1) is 0 Å². The van der Waals surface area contributed by atoms with Gasteiger partial charge < -0.3 is 28.4 Å². The molecule has 1 aliphatic rings. The van der Waals surface area contributed by atoms with E-state index in [2.05, 4.69) is 0 Å². The SMILES string of the molecule is [2H]C([2H])([2H])N(C(=O)CN1C(=O)c2oc3ccc(Cl)cc3c2OCC1(C)C(=O)N(Cc1ccccc1OC)C(=O)OC(C)(C)C)C([2H])([2H])[2H]. The van der Waals surface area contributed by atoms with Gasteiger partial charge in [0.05, 0.1) is 19.0 Å². The third-order valence-corrected chi connectivity index (χ3v) is 6.76. The summed E-state index contributed by atoms with van der Waals surface area (Å²) in [6, 6.07) is 10.9. The van der Waals surface area contributed by atoms with Crippen LogP contribution < -0.4 is 9.47 Å². The standard InChI is InChI=1S/C30H34ClN3O8/c1-29(2,3)42-28(38)33(15-18-10-8-9-11-21(18)39-7)27(37)30(4)17-40-24-20-14-19(31)12-13-22(20)41-25(24)26(36)34(30)16-23(35)32(5)6/h8-14H,15-17H2,1-7H3/i5D3,6D3. The van der Waals surface area contributed by atoms with Crippen molar-refractivity contribution in [1.29, 1.82) is 0 Å². The number of carbonyl (C=O) groups is 4. The molecule has 0 spiro atoms. The average molecular weight is 606 g/mol. The number of likely N-dealkylation sites (N-methyl/N-ethyl adjacent to an activating group) is 1. The van der Waals surface area contributed by atoms with Crippen molar-refractivity contribution >= 4 is 46.4 Å². The second kappa shape index (κ2) is 11.6. The number of benzene rings is 2. The van der Waals surface area contributed by atoms with Gasteiger partial charge in [0.1, 0.15) is 30.1 Å². The van der Waals surface area contributed by atoms with Gasteiger partial charge in [-0.1, -0.05) is 29.8 Å². The van der Waals surface area contributed by atoms with Crippen LogP contribution in [-0.2, 0) is 20.9 Å². The Hall–Kier alpha value is -4.25. The first-order valence-electron chi connectivity index (χ1n) is 15.8. The van der Waals surface area contributed by atoms with Gasteiger partial charge in [-0.2, -0.15) is 0 Å². The molecule has 0 radical (unpaired) electrons. The lowest BCUT2D eigenvalue weighted by atomic mass is 9.97. The van der Waals surface area contributed by atoms with Crippen LogP contribution in [0.4, 0.5) is 4.79 Å². The highest BCUT2D eigenvalue weighted by molar-refractivity contribution is 6.31. The minimum atomic E-state index is -3.46. The minimum Gasteiger partial charge on any atom is -0.496 e. The summed E-state index contributed by atoms with van der Waals surface area (Å²) in [5, 5.41) is 0.509. The van der Waals surface area contributed by atoms with E-state index in [4.69, 9.17) is 38.5 Å². The third-order valence-electron chi connectivity index (χ3n) is 6.52. The molecular formula is C30H34ClN3O8. The van der Waals surface area contributed by atoms with E-state index in [1.807, 2.05) is 0 Å². The van der Waals surface area contributed by atoms with E-state index in [-0.39, 0.29) is 26.6 Å². The Morgan fingerprint density at radius 3 is 2.55 bits per heavy atom. The smallest absolute Gasteiger partial charge is 0.417 e. The normalized spacial score (nSPS) is 19.5. The number of hydrogen-bond acceptors (Lipinski definition) is 8. The number of ether oxygens (including phenoxy) is 3. The number of methoxy groups -OCH3 is 1. The number of hydrogen-bond donors (Lipinski definition) is 0. The fraction of sp³-hybridized carbons (Fsp3) is 0.400. The van der Waals surface area contributed by atoms with E-state index in [9.17, 15) is 19.2 Å². The number of halogens is 1. The van der Waals surface area contributed by atoms with Crippen molar-refractivity contribution in [2.75, 3.05) is 34.2 Å². The van der Waals surface area contributed by atoms with Crippen molar-refractivity contribution in [1.82, 2.24) is 14.7 Å². The van der Waals surface area contributed by atoms with Crippen LogP contribution in [0.3, 0.4) is 0 Å². The molecule has 11 nitrogen and oxygen atoms in total. The Bertz CT molecular complexity index is 1740. The Morgan fingerprint density at radius 1 is 1.17 bits per heavy atom. The van der Waals surface area contributed by atoms with Crippen molar-refractivity contribution in [3.05, 3.63) is 58.8 Å². The van der Waals surface area contributed by atoms with E-state index in [1.54, 1.807) is 45.0 Å². The fourth-order valence-corrected chi connectivity index (χ4v) is 4.60. The predicted molar refractivity (Wildman–Crippen MR) is 155 cm³/mol. The Labute approximate surface area is 257 Å². The summed E-state index contributed by atoms with van der Waals surface area (Å²) in [6.45, 7) is -3.36. The molecule has 2 heterocycles. The highest BCUT2D eigenvalue weighted by atomic mass is 35.5. The highest BCUT2D eigenvalue weighted by Crippen LogP contribution is 2.40. The van der Waals surface area contributed by atoms with Crippen LogP contribution in [0, 0.1) is 0 Å². The number of rotatable bonds is 6. The molecular weight excluding hydrogens is 566 g/mol. The molecule has 0 bridgehead atoms. The van der Waals surface area contributed by atoms with Crippen LogP contribution in [-0.4, -0.2) is 83.9 Å². The molecule has 3 aromatic rings. The first-order chi connectivity index (χ1) is 22.1. The van der Waals surface area contributed by atoms with Gasteiger partial charge in [-0.3, -0.25) is 14.4 Å². The quantitative estimate of drug-likeness (QED) is 0.395. The van der Waals surface area contributed by atoms with Crippen LogP contribution >= 0.6 is 11.6 Å². The van der Waals surface area contributed by atoms with E-state index in [1.165, 1.54) is 32.2 Å². The maximum Gasteiger partial charge on any atom is 0.417 e. The second-order valence-electron chi connectivity index (χ2n) is 10.8. The molecule has 0 saturated heterocycles. The molecule has 42 heavy (non-hydrogen) atoms. The summed E-state index contributed by atoms with van der Waals surface area (Å²) in [4.78, 5) is 57.3.